The first kappa shape index (κ1) is 24.9. The minimum atomic E-state index is -0.471. The van der Waals surface area contributed by atoms with Gasteiger partial charge in [0.2, 0.25) is 0 Å². The molecule has 0 spiro atoms. The van der Waals surface area contributed by atoms with Gasteiger partial charge in [-0.15, -0.1) is 5.10 Å². The fraction of sp³-hybridized carbons (Fsp3) is 0.267. The summed E-state index contributed by atoms with van der Waals surface area (Å²) < 4.78 is 16.3. The van der Waals surface area contributed by atoms with Crippen LogP contribution in [0.5, 0.6) is 0 Å². The summed E-state index contributed by atoms with van der Waals surface area (Å²) in [5, 5.41) is 13.7. The average Bonchev–Trinajstić information content (AvgIpc) is 3.39. The van der Waals surface area contributed by atoms with Crippen molar-refractivity contribution in [3.05, 3.63) is 117 Å². The van der Waals surface area contributed by atoms with Crippen molar-refractivity contribution in [2.75, 3.05) is 31.1 Å². The quantitative estimate of drug-likeness (QED) is 0.359. The second-order valence-corrected chi connectivity index (χ2v) is 10.1. The van der Waals surface area contributed by atoms with Gasteiger partial charge >= 0.3 is 0 Å². The maximum atomic E-state index is 14.5. The van der Waals surface area contributed by atoms with Gasteiger partial charge in [0.05, 0.1) is 12.2 Å². The molecule has 39 heavy (non-hydrogen) atoms. The maximum Gasteiger partial charge on any atom is 0.253 e. The van der Waals surface area contributed by atoms with Crippen LogP contribution < -0.4 is 10.5 Å². The molecule has 0 unspecified atom stereocenters. The van der Waals surface area contributed by atoms with Crippen molar-refractivity contribution >= 4 is 16.6 Å². The first-order chi connectivity index (χ1) is 19.0. The van der Waals surface area contributed by atoms with Gasteiger partial charge in [-0.05, 0) is 76.7 Å². The predicted octanol–water partition coefficient (Wildman–Crippen LogP) is 4.23. The van der Waals surface area contributed by atoms with Crippen LogP contribution in [0.3, 0.4) is 0 Å². The molecular formula is C30H30FN7O. The van der Waals surface area contributed by atoms with Gasteiger partial charge in [0.1, 0.15) is 11.9 Å². The molecule has 0 bridgehead atoms. The number of aryl methyl sites for hydroxylation is 2. The third-order valence-electron chi connectivity index (χ3n) is 7.63. The Bertz CT molecular complexity index is 1670. The van der Waals surface area contributed by atoms with Gasteiger partial charge in [-0.25, -0.2) is 9.07 Å². The Balaban J connectivity index is 1.40. The molecule has 1 N–H and O–H groups in total. The van der Waals surface area contributed by atoms with Gasteiger partial charge in [0.15, 0.2) is 5.82 Å². The van der Waals surface area contributed by atoms with E-state index in [0.717, 1.165) is 27.6 Å². The van der Waals surface area contributed by atoms with Gasteiger partial charge in [-0.2, -0.15) is 0 Å². The zero-order valence-corrected chi connectivity index (χ0v) is 22.0. The predicted molar refractivity (Wildman–Crippen MR) is 149 cm³/mol. The molecular weight excluding hydrogens is 493 g/mol. The van der Waals surface area contributed by atoms with Crippen molar-refractivity contribution in [2.24, 2.45) is 0 Å². The molecule has 198 valence electrons. The molecule has 1 atom stereocenters. The molecule has 0 amide bonds. The molecule has 1 fully saturated rings. The van der Waals surface area contributed by atoms with Crippen molar-refractivity contribution < 1.29 is 4.39 Å². The van der Waals surface area contributed by atoms with Crippen LogP contribution in [0.2, 0.25) is 0 Å². The lowest BCUT2D eigenvalue weighted by Gasteiger charge is -2.39. The first-order valence-electron chi connectivity index (χ1n) is 13.2. The summed E-state index contributed by atoms with van der Waals surface area (Å²) in [6, 6.07) is 22.5. The van der Waals surface area contributed by atoms with E-state index >= 15 is 0 Å². The molecule has 1 aliphatic heterocycles. The second-order valence-electron chi connectivity index (χ2n) is 10.1. The Morgan fingerprint density at radius 1 is 0.923 bits per heavy atom. The lowest BCUT2D eigenvalue weighted by molar-refractivity contribution is 0.200. The van der Waals surface area contributed by atoms with E-state index in [0.29, 0.717) is 49.8 Å². The highest BCUT2D eigenvalue weighted by atomic mass is 19.1. The summed E-state index contributed by atoms with van der Waals surface area (Å²) in [4.78, 5) is 21.0. The number of nitrogens with one attached hydrogen (secondary N) is 1. The van der Waals surface area contributed by atoms with Gasteiger partial charge in [-0.1, -0.05) is 42.5 Å². The Kier molecular flexibility index (Phi) is 6.66. The number of aromatic amines is 1. The van der Waals surface area contributed by atoms with Crippen LogP contribution in [0.1, 0.15) is 34.1 Å². The number of H-pyrrole nitrogens is 1. The van der Waals surface area contributed by atoms with Gasteiger partial charge in [0, 0.05) is 37.3 Å². The minimum absolute atomic E-state index is 0.165. The molecule has 2 aromatic heterocycles. The lowest BCUT2D eigenvalue weighted by Crippen LogP contribution is -2.49. The highest BCUT2D eigenvalue weighted by Crippen LogP contribution is 2.30. The van der Waals surface area contributed by atoms with Gasteiger partial charge in [0.25, 0.3) is 5.56 Å². The Labute approximate surface area is 225 Å². The normalized spacial score (nSPS) is 15.1. The summed E-state index contributed by atoms with van der Waals surface area (Å²) in [6.45, 7) is 7.04. The Morgan fingerprint density at radius 2 is 1.64 bits per heavy atom. The number of piperazine rings is 1. The number of hydrogen-bond donors (Lipinski definition) is 1. The number of para-hydroxylation sites is 1. The lowest BCUT2D eigenvalue weighted by atomic mass is 10.00. The van der Waals surface area contributed by atoms with E-state index in [9.17, 15) is 9.18 Å². The van der Waals surface area contributed by atoms with Gasteiger partial charge in [-0.3, -0.25) is 9.69 Å². The fourth-order valence-electron chi connectivity index (χ4n) is 5.40. The van der Waals surface area contributed by atoms with E-state index < -0.39 is 6.04 Å². The summed E-state index contributed by atoms with van der Waals surface area (Å²) >= 11 is 0. The van der Waals surface area contributed by atoms with E-state index in [-0.39, 0.29) is 11.4 Å². The maximum absolute atomic E-state index is 14.5. The summed E-state index contributed by atoms with van der Waals surface area (Å²) in [6.07, 6.45) is 0. The number of benzene rings is 3. The molecule has 5 aromatic rings. The van der Waals surface area contributed by atoms with Crippen molar-refractivity contribution in [1.82, 2.24) is 30.1 Å². The van der Waals surface area contributed by atoms with Crippen molar-refractivity contribution in [1.29, 1.82) is 0 Å². The topological polar surface area (TPSA) is 82.9 Å². The van der Waals surface area contributed by atoms with E-state index in [1.54, 1.807) is 16.8 Å². The van der Waals surface area contributed by atoms with Crippen LogP contribution in [0.4, 0.5) is 10.1 Å². The Hall–Kier alpha value is -4.37. The first-order valence-corrected chi connectivity index (χ1v) is 13.2. The molecule has 3 aromatic carbocycles. The molecule has 6 rings (SSSR count). The molecule has 0 saturated carbocycles. The SMILES string of the molecule is Cc1cc2cc([C@H](c3nnnn3Cc3ccccc3)N3CCN(c4ccccc4F)CC3)c(=O)[nH]c2cc1C. The largest absolute Gasteiger partial charge is 0.367 e. The zero-order valence-electron chi connectivity index (χ0n) is 22.0. The van der Waals surface area contributed by atoms with Crippen molar-refractivity contribution in [2.45, 2.75) is 26.4 Å². The van der Waals surface area contributed by atoms with E-state index in [4.69, 9.17) is 0 Å². The molecule has 1 aliphatic rings. The van der Waals surface area contributed by atoms with Crippen molar-refractivity contribution in [3.8, 4) is 0 Å². The number of halogens is 1. The highest BCUT2D eigenvalue weighted by Gasteiger charge is 2.33. The second kappa shape index (κ2) is 10.4. The molecule has 1 saturated heterocycles. The third kappa shape index (κ3) is 4.93. The smallest absolute Gasteiger partial charge is 0.253 e. The summed E-state index contributed by atoms with van der Waals surface area (Å²) in [5.41, 5.74) is 5.17. The molecule has 9 heteroatoms. The number of fused-ring (bicyclic) bond motifs is 1. The van der Waals surface area contributed by atoms with Crippen LogP contribution in [-0.4, -0.2) is 56.3 Å². The van der Waals surface area contributed by atoms with E-state index in [1.165, 1.54) is 6.07 Å². The number of rotatable bonds is 6. The van der Waals surface area contributed by atoms with E-state index in [2.05, 4.69) is 38.4 Å². The number of aromatic nitrogens is 5. The van der Waals surface area contributed by atoms with Gasteiger partial charge < -0.3 is 9.88 Å². The van der Waals surface area contributed by atoms with Crippen LogP contribution in [0, 0.1) is 19.7 Å². The standard InChI is InChI=1S/C30H30FN7O/c1-20-16-23-18-24(30(39)32-26(23)17-21(20)2)28(29-33-34-35-38(29)19-22-8-4-3-5-9-22)37-14-12-36(13-15-37)27-11-7-6-10-25(27)31/h3-11,16-18,28H,12-15,19H2,1-2H3,(H,32,39)/t28-/m1/s1. The third-order valence-corrected chi connectivity index (χ3v) is 7.63. The van der Waals surface area contributed by atoms with Crippen LogP contribution >= 0.6 is 0 Å². The number of hydrogen-bond acceptors (Lipinski definition) is 6. The number of tetrazole rings is 1. The van der Waals surface area contributed by atoms with Crippen molar-refractivity contribution in [3.63, 3.8) is 0 Å². The van der Waals surface area contributed by atoms with Crippen LogP contribution in [-0.2, 0) is 6.54 Å². The number of anilines is 1. The van der Waals surface area contributed by atoms with Crippen LogP contribution in [0.25, 0.3) is 10.9 Å². The summed E-state index contributed by atoms with van der Waals surface area (Å²) in [5.74, 6) is 0.373. The highest BCUT2D eigenvalue weighted by molar-refractivity contribution is 5.81. The molecule has 0 radical (unpaired) electrons. The number of nitrogens with zero attached hydrogens (tertiary/aromatic N) is 6. The Morgan fingerprint density at radius 3 is 2.41 bits per heavy atom. The van der Waals surface area contributed by atoms with Crippen LogP contribution in [0.15, 0.2) is 77.6 Å². The molecule has 0 aliphatic carbocycles. The number of pyridine rings is 1. The monoisotopic (exact) mass is 523 g/mol. The average molecular weight is 524 g/mol. The summed E-state index contributed by atoms with van der Waals surface area (Å²) in [7, 11) is 0. The molecule has 8 nitrogen and oxygen atoms in total. The zero-order chi connectivity index (χ0) is 26.9. The fourth-order valence-corrected chi connectivity index (χ4v) is 5.40. The minimum Gasteiger partial charge on any atom is -0.367 e. The van der Waals surface area contributed by atoms with E-state index in [1.807, 2.05) is 60.4 Å². The molecule has 3 heterocycles.